The zero-order valence-electron chi connectivity index (χ0n) is 13.6. The monoisotopic (exact) mass is 358 g/mol. The zero-order chi connectivity index (χ0) is 17.8. The van der Waals surface area contributed by atoms with E-state index in [0.717, 1.165) is 5.56 Å². The van der Waals surface area contributed by atoms with Crippen LogP contribution in [-0.4, -0.2) is 25.3 Å². The minimum atomic E-state index is -0.403. The first-order chi connectivity index (χ1) is 12.1. The van der Waals surface area contributed by atoms with Gasteiger partial charge in [-0.2, -0.15) is 0 Å². The Bertz CT molecular complexity index is 868. The molecule has 0 saturated carbocycles. The van der Waals surface area contributed by atoms with Gasteiger partial charge in [-0.15, -0.1) is 0 Å². The Labute approximate surface area is 149 Å². The molecular formula is C18H15ClN2O4. The normalized spacial score (nSPS) is 10.4. The molecule has 0 bridgehead atoms. The number of nitrogens with zero attached hydrogens (tertiary/aromatic N) is 1. The highest BCUT2D eigenvalue weighted by Gasteiger charge is 2.15. The number of aromatic nitrogens is 1. The summed E-state index contributed by atoms with van der Waals surface area (Å²) >= 11 is 5.86. The zero-order valence-corrected chi connectivity index (χ0v) is 14.3. The fraction of sp³-hybridized carbons (Fsp3) is 0.111. The number of amides is 1. The van der Waals surface area contributed by atoms with Crippen molar-refractivity contribution in [2.45, 2.75) is 0 Å². The molecule has 7 heteroatoms. The summed E-state index contributed by atoms with van der Waals surface area (Å²) in [5, 5.41) is 7.17. The molecule has 0 spiro atoms. The van der Waals surface area contributed by atoms with Crippen molar-refractivity contribution >= 4 is 23.2 Å². The Morgan fingerprint density at radius 2 is 1.68 bits per heavy atom. The van der Waals surface area contributed by atoms with Crippen LogP contribution in [0.15, 0.2) is 53.1 Å². The summed E-state index contributed by atoms with van der Waals surface area (Å²) in [6.07, 6.45) is 0. The molecule has 0 aliphatic rings. The first kappa shape index (κ1) is 16.9. The number of rotatable bonds is 5. The molecule has 0 aliphatic heterocycles. The summed E-state index contributed by atoms with van der Waals surface area (Å²) in [5.74, 6) is 1.21. The van der Waals surface area contributed by atoms with Gasteiger partial charge in [-0.05, 0) is 24.3 Å². The van der Waals surface area contributed by atoms with E-state index in [2.05, 4.69) is 10.5 Å². The highest BCUT2D eigenvalue weighted by atomic mass is 35.5. The highest BCUT2D eigenvalue weighted by molar-refractivity contribution is 6.30. The van der Waals surface area contributed by atoms with Crippen molar-refractivity contribution in [3.05, 3.63) is 59.2 Å². The lowest BCUT2D eigenvalue weighted by molar-refractivity contribution is 0.101. The van der Waals surface area contributed by atoms with E-state index in [1.807, 2.05) is 0 Å². The van der Waals surface area contributed by atoms with Crippen molar-refractivity contribution in [3.8, 4) is 22.8 Å². The van der Waals surface area contributed by atoms with E-state index in [0.29, 0.717) is 28.0 Å². The predicted octanol–water partition coefficient (Wildman–Crippen LogP) is 4.26. The smallest absolute Gasteiger partial charge is 0.277 e. The lowest BCUT2D eigenvalue weighted by Crippen LogP contribution is -2.12. The molecule has 3 rings (SSSR count). The molecule has 6 nitrogen and oxygen atoms in total. The van der Waals surface area contributed by atoms with Crippen LogP contribution in [0.2, 0.25) is 5.02 Å². The second kappa shape index (κ2) is 7.27. The molecule has 0 aliphatic carbocycles. The van der Waals surface area contributed by atoms with Gasteiger partial charge in [0.15, 0.2) is 11.5 Å². The van der Waals surface area contributed by atoms with Gasteiger partial charge in [0.1, 0.15) is 11.5 Å². The molecule has 25 heavy (non-hydrogen) atoms. The van der Waals surface area contributed by atoms with Crippen LogP contribution in [0.25, 0.3) is 11.3 Å². The summed E-state index contributed by atoms with van der Waals surface area (Å²) in [4.78, 5) is 12.4. The number of carbonyl (C=O) groups excluding carboxylic acids is 1. The number of halogens is 1. The number of nitrogens with one attached hydrogen (secondary N) is 1. The summed E-state index contributed by atoms with van der Waals surface area (Å²) in [7, 11) is 3.08. The Balaban J connectivity index is 1.79. The third-order valence-corrected chi connectivity index (χ3v) is 3.73. The maximum atomic E-state index is 12.4. The third kappa shape index (κ3) is 3.92. The molecule has 128 valence electrons. The van der Waals surface area contributed by atoms with E-state index in [1.165, 1.54) is 14.2 Å². The lowest BCUT2D eigenvalue weighted by Gasteiger charge is -2.08. The number of carbonyl (C=O) groups is 1. The number of anilines is 1. The van der Waals surface area contributed by atoms with Crippen molar-refractivity contribution in [1.82, 2.24) is 5.16 Å². The fourth-order valence-electron chi connectivity index (χ4n) is 2.21. The molecule has 0 atom stereocenters. The second-order valence-corrected chi connectivity index (χ2v) is 5.58. The fourth-order valence-corrected chi connectivity index (χ4v) is 2.33. The van der Waals surface area contributed by atoms with Crippen LogP contribution < -0.4 is 14.8 Å². The standard InChI is InChI=1S/C18H15ClN2O4/c1-23-14-7-13(8-15(9-14)24-2)20-18(22)16-10-17(25-21-16)11-3-5-12(19)6-4-11/h3-10H,1-2H3,(H,20,22). The number of benzene rings is 2. The van der Waals surface area contributed by atoms with E-state index in [-0.39, 0.29) is 5.69 Å². The van der Waals surface area contributed by atoms with Gasteiger partial charge in [-0.1, -0.05) is 16.8 Å². The van der Waals surface area contributed by atoms with E-state index >= 15 is 0 Å². The minimum absolute atomic E-state index is 0.159. The summed E-state index contributed by atoms with van der Waals surface area (Å²) in [6, 6.07) is 13.7. The van der Waals surface area contributed by atoms with Gasteiger partial charge < -0.3 is 19.3 Å². The van der Waals surface area contributed by atoms with Gasteiger partial charge in [-0.3, -0.25) is 4.79 Å². The number of methoxy groups -OCH3 is 2. The quantitative estimate of drug-likeness (QED) is 0.737. The van der Waals surface area contributed by atoms with E-state index in [1.54, 1.807) is 48.5 Å². The number of ether oxygens (including phenoxy) is 2. The first-order valence-corrected chi connectivity index (χ1v) is 7.74. The molecular weight excluding hydrogens is 344 g/mol. The lowest BCUT2D eigenvalue weighted by atomic mass is 10.1. The Morgan fingerprint density at radius 3 is 2.28 bits per heavy atom. The van der Waals surface area contributed by atoms with Crippen LogP contribution >= 0.6 is 11.6 Å². The summed E-state index contributed by atoms with van der Waals surface area (Å²) in [6.45, 7) is 0. The van der Waals surface area contributed by atoms with Crippen LogP contribution in [-0.2, 0) is 0 Å². The van der Waals surface area contributed by atoms with E-state index in [4.69, 9.17) is 25.6 Å². The van der Waals surface area contributed by atoms with Gasteiger partial charge >= 0.3 is 0 Å². The van der Waals surface area contributed by atoms with Crippen molar-refractivity contribution in [3.63, 3.8) is 0 Å². The Hall–Kier alpha value is -2.99. The SMILES string of the molecule is COc1cc(NC(=O)c2cc(-c3ccc(Cl)cc3)on2)cc(OC)c1. The van der Waals surface area contributed by atoms with Gasteiger partial charge in [0.2, 0.25) is 0 Å². The Morgan fingerprint density at radius 1 is 1.04 bits per heavy atom. The molecule has 0 fully saturated rings. The maximum Gasteiger partial charge on any atom is 0.277 e. The first-order valence-electron chi connectivity index (χ1n) is 7.36. The van der Waals surface area contributed by atoms with Gasteiger partial charge in [0.05, 0.1) is 14.2 Å². The van der Waals surface area contributed by atoms with Crippen LogP contribution in [0.5, 0.6) is 11.5 Å². The van der Waals surface area contributed by atoms with Crippen molar-refractivity contribution in [1.29, 1.82) is 0 Å². The molecule has 1 aromatic heterocycles. The van der Waals surface area contributed by atoms with Gasteiger partial charge in [-0.25, -0.2) is 0 Å². The average molecular weight is 359 g/mol. The van der Waals surface area contributed by atoms with E-state index < -0.39 is 5.91 Å². The molecule has 2 aromatic carbocycles. The third-order valence-electron chi connectivity index (χ3n) is 3.48. The van der Waals surface area contributed by atoms with E-state index in [9.17, 15) is 4.79 Å². The molecule has 0 saturated heterocycles. The van der Waals surface area contributed by atoms with Crippen LogP contribution in [0, 0.1) is 0 Å². The minimum Gasteiger partial charge on any atom is -0.497 e. The molecule has 0 unspecified atom stereocenters. The van der Waals surface area contributed by atoms with Crippen LogP contribution in [0.4, 0.5) is 5.69 Å². The van der Waals surface area contributed by atoms with Crippen LogP contribution in [0.1, 0.15) is 10.5 Å². The van der Waals surface area contributed by atoms with Crippen LogP contribution in [0.3, 0.4) is 0 Å². The van der Waals surface area contributed by atoms with Gasteiger partial charge in [0, 0.05) is 40.5 Å². The highest BCUT2D eigenvalue weighted by Crippen LogP contribution is 2.27. The van der Waals surface area contributed by atoms with Gasteiger partial charge in [0.25, 0.3) is 5.91 Å². The largest absolute Gasteiger partial charge is 0.497 e. The average Bonchev–Trinajstić information content (AvgIpc) is 3.12. The summed E-state index contributed by atoms with van der Waals surface area (Å²) < 4.78 is 15.6. The van der Waals surface area contributed by atoms with Crippen molar-refractivity contribution < 1.29 is 18.8 Å². The summed E-state index contributed by atoms with van der Waals surface area (Å²) in [5.41, 5.74) is 1.46. The molecule has 1 N–H and O–H groups in total. The molecule has 1 heterocycles. The number of hydrogen-bond acceptors (Lipinski definition) is 5. The van der Waals surface area contributed by atoms with Crippen molar-refractivity contribution in [2.24, 2.45) is 0 Å². The second-order valence-electron chi connectivity index (χ2n) is 5.14. The molecule has 0 radical (unpaired) electrons. The van der Waals surface area contributed by atoms with Crippen molar-refractivity contribution in [2.75, 3.05) is 19.5 Å². The number of hydrogen-bond donors (Lipinski definition) is 1. The predicted molar refractivity (Wildman–Crippen MR) is 94.4 cm³/mol. The Kier molecular flexibility index (Phi) is 4.90. The molecule has 1 amide bonds. The topological polar surface area (TPSA) is 73.6 Å². The molecule has 3 aromatic rings. The maximum absolute atomic E-state index is 12.4.